The third kappa shape index (κ3) is 1.74. The highest BCUT2D eigenvalue weighted by Crippen LogP contribution is 2.22. The number of hydrogen-bond acceptors (Lipinski definition) is 5. The maximum Gasteiger partial charge on any atom is 0.237 e. The zero-order valence-corrected chi connectivity index (χ0v) is 9.16. The fraction of sp³-hybridized carbons (Fsp3) is 0.300. The van der Waals surface area contributed by atoms with Gasteiger partial charge in [0.2, 0.25) is 5.88 Å². The average molecular weight is 219 g/mol. The zero-order valence-electron chi connectivity index (χ0n) is 9.16. The minimum atomic E-state index is -0.441. The standard InChI is InChI=1S/C10H13N5O/c1-15-6-5-13-9(15)7(11)8-10(16-2)14-4-3-12-8/h3-7H,11H2,1-2H3. The summed E-state index contributed by atoms with van der Waals surface area (Å²) in [6.07, 6.45) is 6.67. The Morgan fingerprint density at radius 2 is 2.00 bits per heavy atom. The molecule has 84 valence electrons. The van der Waals surface area contributed by atoms with Crippen LogP contribution in [0.15, 0.2) is 24.8 Å². The van der Waals surface area contributed by atoms with Crippen molar-refractivity contribution in [2.24, 2.45) is 12.8 Å². The summed E-state index contributed by atoms with van der Waals surface area (Å²) in [5, 5.41) is 0. The van der Waals surface area contributed by atoms with Crippen molar-refractivity contribution < 1.29 is 4.74 Å². The minimum absolute atomic E-state index is 0.429. The van der Waals surface area contributed by atoms with Crippen molar-refractivity contribution in [2.45, 2.75) is 6.04 Å². The Kier molecular flexibility index (Phi) is 2.82. The van der Waals surface area contributed by atoms with Crippen molar-refractivity contribution in [3.63, 3.8) is 0 Å². The van der Waals surface area contributed by atoms with Crippen molar-refractivity contribution in [2.75, 3.05) is 7.11 Å². The summed E-state index contributed by atoms with van der Waals surface area (Å²) in [6.45, 7) is 0. The fourth-order valence-electron chi connectivity index (χ4n) is 1.51. The molecule has 1 atom stereocenters. The van der Waals surface area contributed by atoms with E-state index in [1.54, 1.807) is 25.7 Å². The summed E-state index contributed by atoms with van der Waals surface area (Å²) in [7, 11) is 3.42. The van der Waals surface area contributed by atoms with Gasteiger partial charge in [0.15, 0.2) is 0 Å². The molecular formula is C10H13N5O. The van der Waals surface area contributed by atoms with E-state index in [-0.39, 0.29) is 0 Å². The number of nitrogens with two attached hydrogens (primary N) is 1. The second kappa shape index (κ2) is 4.28. The Labute approximate surface area is 93.1 Å². The molecule has 0 bridgehead atoms. The lowest BCUT2D eigenvalue weighted by Gasteiger charge is -2.12. The molecule has 0 aliphatic carbocycles. The SMILES string of the molecule is COc1nccnc1C(N)c1nccn1C. The van der Waals surface area contributed by atoms with E-state index >= 15 is 0 Å². The summed E-state index contributed by atoms with van der Waals surface area (Å²) in [5.74, 6) is 1.15. The summed E-state index contributed by atoms with van der Waals surface area (Å²) in [4.78, 5) is 12.4. The zero-order chi connectivity index (χ0) is 11.5. The molecule has 2 N–H and O–H groups in total. The first kappa shape index (κ1) is 10.6. The summed E-state index contributed by atoms with van der Waals surface area (Å²) < 4.78 is 6.96. The number of aryl methyl sites for hydroxylation is 1. The van der Waals surface area contributed by atoms with Crippen LogP contribution >= 0.6 is 0 Å². The molecule has 1 unspecified atom stereocenters. The molecule has 6 heteroatoms. The molecule has 16 heavy (non-hydrogen) atoms. The van der Waals surface area contributed by atoms with E-state index in [0.29, 0.717) is 11.6 Å². The van der Waals surface area contributed by atoms with Crippen LogP contribution in [0.4, 0.5) is 0 Å². The van der Waals surface area contributed by atoms with Gasteiger partial charge in [-0.25, -0.2) is 9.97 Å². The van der Waals surface area contributed by atoms with Crippen LogP contribution in [-0.2, 0) is 7.05 Å². The Morgan fingerprint density at radius 3 is 2.62 bits per heavy atom. The number of hydrogen-bond donors (Lipinski definition) is 1. The molecule has 0 saturated heterocycles. The van der Waals surface area contributed by atoms with Gasteiger partial charge in [-0.3, -0.25) is 4.98 Å². The van der Waals surface area contributed by atoms with Crippen molar-refractivity contribution in [3.05, 3.63) is 36.3 Å². The molecule has 0 fully saturated rings. The van der Waals surface area contributed by atoms with Crippen molar-refractivity contribution in [3.8, 4) is 5.88 Å². The molecule has 0 aromatic carbocycles. The Balaban J connectivity index is 2.41. The molecule has 6 nitrogen and oxygen atoms in total. The van der Waals surface area contributed by atoms with Crippen LogP contribution in [0, 0.1) is 0 Å². The maximum atomic E-state index is 6.07. The monoisotopic (exact) mass is 219 g/mol. The van der Waals surface area contributed by atoms with E-state index in [9.17, 15) is 0 Å². The Bertz CT molecular complexity index is 482. The molecule has 0 radical (unpaired) electrons. The van der Waals surface area contributed by atoms with Gasteiger partial charge in [-0.05, 0) is 0 Å². The topological polar surface area (TPSA) is 78.8 Å². The fourth-order valence-corrected chi connectivity index (χ4v) is 1.51. The van der Waals surface area contributed by atoms with Crippen molar-refractivity contribution in [1.82, 2.24) is 19.5 Å². The van der Waals surface area contributed by atoms with Gasteiger partial charge in [-0.15, -0.1) is 0 Å². The largest absolute Gasteiger partial charge is 0.480 e. The van der Waals surface area contributed by atoms with E-state index in [0.717, 1.165) is 5.82 Å². The Morgan fingerprint density at radius 1 is 1.25 bits per heavy atom. The van der Waals surface area contributed by atoms with Crippen LogP contribution in [0.25, 0.3) is 0 Å². The van der Waals surface area contributed by atoms with Gasteiger partial charge < -0.3 is 15.0 Å². The van der Waals surface area contributed by atoms with Gasteiger partial charge in [0.1, 0.15) is 17.6 Å². The van der Waals surface area contributed by atoms with E-state index < -0.39 is 6.04 Å². The molecular weight excluding hydrogens is 206 g/mol. The molecule has 0 amide bonds. The average Bonchev–Trinajstić information content (AvgIpc) is 2.74. The smallest absolute Gasteiger partial charge is 0.237 e. The lowest BCUT2D eigenvalue weighted by Crippen LogP contribution is -2.19. The first-order valence-electron chi connectivity index (χ1n) is 4.81. The highest BCUT2D eigenvalue weighted by Gasteiger charge is 2.19. The number of imidazole rings is 1. The normalized spacial score (nSPS) is 12.4. The van der Waals surface area contributed by atoms with Crippen LogP contribution in [-0.4, -0.2) is 26.6 Å². The van der Waals surface area contributed by atoms with Gasteiger partial charge in [0.25, 0.3) is 0 Å². The van der Waals surface area contributed by atoms with Crippen LogP contribution in [0.5, 0.6) is 5.88 Å². The number of ether oxygens (including phenoxy) is 1. The van der Waals surface area contributed by atoms with Crippen molar-refractivity contribution in [1.29, 1.82) is 0 Å². The maximum absolute atomic E-state index is 6.07. The van der Waals surface area contributed by atoms with Gasteiger partial charge in [-0.1, -0.05) is 0 Å². The molecule has 2 rings (SSSR count). The number of nitrogens with zero attached hydrogens (tertiary/aromatic N) is 4. The third-order valence-corrected chi connectivity index (χ3v) is 2.32. The number of aromatic nitrogens is 4. The van der Waals surface area contributed by atoms with E-state index in [1.807, 2.05) is 17.8 Å². The molecule has 2 aromatic heterocycles. The predicted octanol–water partition coefficient (Wildman–Crippen LogP) is 0.267. The number of rotatable bonds is 3. The first-order valence-corrected chi connectivity index (χ1v) is 4.81. The number of methoxy groups -OCH3 is 1. The lowest BCUT2D eigenvalue weighted by atomic mass is 10.2. The van der Waals surface area contributed by atoms with E-state index in [2.05, 4.69) is 15.0 Å². The highest BCUT2D eigenvalue weighted by molar-refractivity contribution is 5.26. The second-order valence-corrected chi connectivity index (χ2v) is 3.32. The molecule has 0 spiro atoms. The molecule has 2 aromatic rings. The molecule has 0 aliphatic rings. The van der Waals surface area contributed by atoms with Gasteiger partial charge >= 0.3 is 0 Å². The molecule has 0 saturated carbocycles. The predicted molar refractivity (Wildman–Crippen MR) is 57.8 cm³/mol. The van der Waals surface area contributed by atoms with Crippen LogP contribution in [0.2, 0.25) is 0 Å². The third-order valence-electron chi connectivity index (χ3n) is 2.32. The van der Waals surface area contributed by atoms with Crippen molar-refractivity contribution >= 4 is 0 Å². The lowest BCUT2D eigenvalue weighted by molar-refractivity contribution is 0.386. The quantitative estimate of drug-likeness (QED) is 0.801. The van der Waals surface area contributed by atoms with E-state index in [1.165, 1.54) is 0 Å². The molecule has 2 heterocycles. The summed E-state index contributed by atoms with van der Waals surface area (Å²) >= 11 is 0. The highest BCUT2D eigenvalue weighted by atomic mass is 16.5. The van der Waals surface area contributed by atoms with Crippen LogP contribution in [0.1, 0.15) is 17.6 Å². The Hall–Kier alpha value is -1.95. The first-order chi connectivity index (χ1) is 7.74. The van der Waals surface area contributed by atoms with Crippen LogP contribution in [0.3, 0.4) is 0 Å². The van der Waals surface area contributed by atoms with Gasteiger partial charge in [-0.2, -0.15) is 0 Å². The van der Waals surface area contributed by atoms with E-state index in [4.69, 9.17) is 10.5 Å². The van der Waals surface area contributed by atoms with Crippen LogP contribution < -0.4 is 10.5 Å². The minimum Gasteiger partial charge on any atom is -0.480 e. The van der Waals surface area contributed by atoms with Gasteiger partial charge in [0, 0.05) is 31.8 Å². The molecule has 0 aliphatic heterocycles. The van der Waals surface area contributed by atoms with Gasteiger partial charge in [0.05, 0.1) is 7.11 Å². The second-order valence-electron chi connectivity index (χ2n) is 3.32. The summed E-state index contributed by atoms with van der Waals surface area (Å²) in [5.41, 5.74) is 6.65. The summed E-state index contributed by atoms with van der Waals surface area (Å²) in [6, 6.07) is -0.441.